The third-order valence-corrected chi connectivity index (χ3v) is 1.55. The minimum absolute atomic E-state index is 0.107. The average Bonchev–Trinajstić information content (AvgIpc) is 2.17. The first-order valence-corrected chi connectivity index (χ1v) is 4.01. The molecule has 1 aromatic carbocycles. The molecule has 1 aromatic rings. The van der Waals surface area contributed by atoms with Gasteiger partial charge in [-0.15, -0.1) is 0 Å². The number of nitrogens with one attached hydrogen (secondary N) is 1. The Hall–Kier alpha value is -1.65. The molecule has 14 heavy (non-hydrogen) atoms. The van der Waals surface area contributed by atoms with Crippen molar-refractivity contribution in [3.05, 3.63) is 23.8 Å². The molecule has 1 N–H and O–H groups in total. The number of benzene rings is 1. The van der Waals surface area contributed by atoms with Crippen molar-refractivity contribution in [1.82, 2.24) is 0 Å². The number of ether oxygens (including phenoxy) is 1. The zero-order chi connectivity index (χ0) is 10.6. The normalized spacial score (nSPS) is 9.64. The second-order valence-corrected chi connectivity index (χ2v) is 2.43. The lowest BCUT2D eigenvalue weighted by atomic mass is 10.2. The molecule has 0 unspecified atom stereocenters. The van der Waals surface area contributed by atoms with Crippen molar-refractivity contribution < 1.29 is 18.3 Å². The minimum atomic E-state index is -0.904. The summed E-state index contributed by atoms with van der Waals surface area (Å²) in [5, 5.41) is 2.10. The predicted octanol–water partition coefficient (Wildman–Crippen LogP) is 1.93. The van der Waals surface area contributed by atoms with E-state index in [1.54, 1.807) is 6.92 Å². The largest absolute Gasteiger partial charge is 0.488 e. The van der Waals surface area contributed by atoms with Gasteiger partial charge in [0.05, 0.1) is 12.3 Å². The molecule has 0 spiro atoms. The van der Waals surface area contributed by atoms with Gasteiger partial charge in [0.2, 0.25) is 6.41 Å². The fourth-order valence-corrected chi connectivity index (χ4v) is 0.984. The van der Waals surface area contributed by atoms with Crippen molar-refractivity contribution in [2.45, 2.75) is 6.92 Å². The van der Waals surface area contributed by atoms with Crippen LogP contribution in [0.1, 0.15) is 6.92 Å². The van der Waals surface area contributed by atoms with Crippen LogP contribution in [0.5, 0.6) is 5.75 Å². The Kier molecular flexibility index (Phi) is 3.39. The zero-order valence-electron chi connectivity index (χ0n) is 7.51. The maximum atomic E-state index is 13.3. The first kappa shape index (κ1) is 10.4. The van der Waals surface area contributed by atoms with Crippen LogP contribution in [-0.2, 0) is 4.79 Å². The number of halogens is 2. The molecule has 5 heteroatoms. The highest BCUT2D eigenvalue weighted by atomic mass is 19.1. The van der Waals surface area contributed by atoms with Gasteiger partial charge in [0, 0.05) is 0 Å². The number of carbonyl (C=O) groups is 1. The molecule has 0 radical (unpaired) electrons. The third kappa shape index (κ3) is 1.99. The van der Waals surface area contributed by atoms with Crippen molar-refractivity contribution in [3.63, 3.8) is 0 Å². The van der Waals surface area contributed by atoms with Gasteiger partial charge in [0.25, 0.3) is 0 Å². The van der Waals surface area contributed by atoms with Gasteiger partial charge in [-0.2, -0.15) is 0 Å². The van der Waals surface area contributed by atoms with E-state index < -0.39 is 17.4 Å². The maximum Gasteiger partial charge on any atom is 0.211 e. The van der Waals surface area contributed by atoms with Gasteiger partial charge in [0.1, 0.15) is 0 Å². The number of hydrogen-bond donors (Lipinski definition) is 1. The van der Waals surface area contributed by atoms with Crippen LogP contribution in [0.4, 0.5) is 14.5 Å². The molecular weight excluding hydrogens is 192 g/mol. The molecule has 1 rings (SSSR count). The Balaban J connectivity index is 3.11. The first-order chi connectivity index (χ1) is 6.70. The van der Waals surface area contributed by atoms with Crippen LogP contribution in [0.2, 0.25) is 0 Å². The second-order valence-electron chi connectivity index (χ2n) is 2.43. The number of amides is 1. The standard InChI is InChI=1S/C9H9F2NO2/c1-2-14-9-6(10)3-4-7(8(9)11)12-5-13/h3-5H,2H2,1H3,(H,12,13). The molecule has 1 amide bonds. The van der Waals surface area contributed by atoms with E-state index in [2.05, 4.69) is 5.32 Å². The Morgan fingerprint density at radius 2 is 2.21 bits per heavy atom. The van der Waals surface area contributed by atoms with E-state index >= 15 is 0 Å². The van der Waals surface area contributed by atoms with E-state index in [1.165, 1.54) is 0 Å². The van der Waals surface area contributed by atoms with Gasteiger partial charge in [-0.05, 0) is 19.1 Å². The summed E-state index contributed by atoms with van der Waals surface area (Å²) in [4.78, 5) is 10.1. The molecule has 0 aliphatic heterocycles. The number of anilines is 1. The molecule has 0 atom stereocenters. The third-order valence-electron chi connectivity index (χ3n) is 1.55. The highest BCUT2D eigenvalue weighted by Crippen LogP contribution is 2.27. The summed E-state index contributed by atoms with van der Waals surface area (Å²) in [5.41, 5.74) is -0.107. The van der Waals surface area contributed by atoms with Crippen LogP contribution in [0, 0.1) is 11.6 Å². The van der Waals surface area contributed by atoms with Crippen LogP contribution >= 0.6 is 0 Å². The Morgan fingerprint density at radius 3 is 2.79 bits per heavy atom. The monoisotopic (exact) mass is 201 g/mol. The lowest BCUT2D eigenvalue weighted by molar-refractivity contribution is -0.105. The topological polar surface area (TPSA) is 38.3 Å². The fraction of sp³-hybridized carbons (Fsp3) is 0.222. The van der Waals surface area contributed by atoms with Gasteiger partial charge in [-0.3, -0.25) is 4.79 Å². The van der Waals surface area contributed by atoms with Crippen LogP contribution in [0.25, 0.3) is 0 Å². The van der Waals surface area contributed by atoms with Crippen LogP contribution in [-0.4, -0.2) is 13.0 Å². The lowest BCUT2D eigenvalue weighted by Crippen LogP contribution is -2.03. The van der Waals surface area contributed by atoms with E-state index in [4.69, 9.17) is 4.74 Å². The summed E-state index contributed by atoms with van der Waals surface area (Å²) in [6.07, 6.45) is 0.312. The Morgan fingerprint density at radius 1 is 1.50 bits per heavy atom. The lowest BCUT2D eigenvalue weighted by Gasteiger charge is -2.08. The molecule has 0 aliphatic carbocycles. The second kappa shape index (κ2) is 4.55. The fourth-order valence-electron chi connectivity index (χ4n) is 0.984. The SMILES string of the molecule is CCOc1c(F)ccc(NC=O)c1F. The van der Waals surface area contributed by atoms with Crippen LogP contribution < -0.4 is 10.1 Å². The highest BCUT2D eigenvalue weighted by Gasteiger charge is 2.14. The number of hydrogen-bond acceptors (Lipinski definition) is 2. The van der Waals surface area contributed by atoms with Crippen molar-refractivity contribution in [3.8, 4) is 5.75 Å². The molecule has 76 valence electrons. The van der Waals surface area contributed by atoms with Gasteiger partial charge in [-0.25, -0.2) is 8.78 Å². The van der Waals surface area contributed by atoms with E-state index in [9.17, 15) is 13.6 Å². The smallest absolute Gasteiger partial charge is 0.211 e. The van der Waals surface area contributed by atoms with Gasteiger partial charge < -0.3 is 10.1 Å². The molecule has 0 aromatic heterocycles. The van der Waals surface area contributed by atoms with E-state index in [-0.39, 0.29) is 12.3 Å². The van der Waals surface area contributed by atoms with Crippen molar-refractivity contribution in [1.29, 1.82) is 0 Å². The average molecular weight is 201 g/mol. The van der Waals surface area contributed by atoms with Gasteiger partial charge >= 0.3 is 0 Å². The van der Waals surface area contributed by atoms with Crippen molar-refractivity contribution in [2.24, 2.45) is 0 Å². The number of rotatable bonds is 4. The molecule has 0 aliphatic rings. The zero-order valence-corrected chi connectivity index (χ0v) is 7.51. The molecule has 0 bridgehead atoms. The summed E-state index contributed by atoms with van der Waals surface area (Å²) < 4.78 is 31.0. The minimum Gasteiger partial charge on any atom is -0.488 e. The Labute approximate surface area is 79.7 Å². The van der Waals surface area contributed by atoms with E-state index in [0.29, 0.717) is 6.41 Å². The summed E-state index contributed by atoms with van der Waals surface area (Å²) in [6.45, 7) is 1.76. The Bertz CT molecular complexity index is 342. The van der Waals surface area contributed by atoms with E-state index in [1.807, 2.05) is 0 Å². The van der Waals surface area contributed by atoms with Crippen LogP contribution in [0.3, 0.4) is 0 Å². The van der Waals surface area contributed by atoms with Crippen molar-refractivity contribution in [2.75, 3.05) is 11.9 Å². The first-order valence-electron chi connectivity index (χ1n) is 4.01. The maximum absolute atomic E-state index is 13.3. The van der Waals surface area contributed by atoms with Gasteiger partial charge in [-0.1, -0.05) is 0 Å². The predicted molar refractivity (Wildman–Crippen MR) is 47.2 cm³/mol. The van der Waals surface area contributed by atoms with Crippen LogP contribution in [0.15, 0.2) is 12.1 Å². The van der Waals surface area contributed by atoms with E-state index in [0.717, 1.165) is 12.1 Å². The van der Waals surface area contributed by atoms with Crippen molar-refractivity contribution >= 4 is 12.1 Å². The van der Waals surface area contributed by atoms with Gasteiger partial charge in [0.15, 0.2) is 17.4 Å². The summed E-state index contributed by atoms with van der Waals surface area (Å²) in [7, 11) is 0. The molecule has 0 saturated heterocycles. The summed E-state index contributed by atoms with van der Waals surface area (Å²) >= 11 is 0. The molecule has 3 nitrogen and oxygen atoms in total. The molecule has 0 fully saturated rings. The highest BCUT2D eigenvalue weighted by molar-refractivity contribution is 5.72. The molecule has 0 saturated carbocycles. The quantitative estimate of drug-likeness (QED) is 0.756. The molecule has 0 heterocycles. The number of carbonyl (C=O) groups excluding carboxylic acids is 1. The molecular formula is C9H9F2NO2. The summed E-state index contributed by atoms with van der Waals surface area (Å²) in [6, 6.07) is 2.15. The summed E-state index contributed by atoms with van der Waals surface area (Å²) in [5.74, 6) is -2.17.